The Hall–Kier alpha value is -2.83. The summed E-state index contributed by atoms with van der Waals surface area (Å²) >= 11 is 0. The van der Waals surface area contributed by atoms with Crippen LogP contribution in [-0.4, -0.2) is 46.3 Å². The Morgan fingerprint density at radius 3 is 2.63 bits per heavy atom. The summed E-state index contributed by atoms with van der Waals surface area (Å²) in [6.45, 7) is 5.83. The number of likely N-dealkylation sites (tertiary alicyclic amines) is 1. The summed E-state index contributed by atoms with van der Waals surface area (Å²) in [7, 11) is 1.79. The van der Waals surface area contributed by atoms with E-state index in [0.29, 0.717) is 18.8 Å². The summed E-state index contributed by atoms with van der Waals surface area (Å²) in [5.74, 6) is 0.257. The van der Waals surface area contributed by atoms with E-state index in [1.54, 1.807) is 11.7 Å². The van der Waals surface area contributed by atoms with E-state index in [9.17, 15) is 9.59 Å². The smallest absolute Gasteiger partial charge is 0.319 e. The van der Waals surface area contributed by atoms with Crippen molar-refractivity contribution in [2.45, 2.75) is 26.7 Å². The number of urea groups is 1. The molecule has 0 spiro atoms. The van der Waals surface area contributed by atoms with Gasteiger partial charge in [-0.15, -0.1) is 0 Å². The van der Waals surface area contributed by atoms with Crippen molar-refractivity contribution in [3.63, 3.8) is 0 Å². The van der Waals surface area contributed by atoms with Crippen LogP contribution in [0.25, 0.3) is 0 Å². The van der Waals surface area contributed by atoms with Gasteiger partial charge in [0, 0.05) is 32.4 Å². The first-order chi connectivity index (χ1) is 12.9. The lowest BCUT2D eigenvalue weighted by Crippen LogP contribution is -2.44. The number of carbonyl (C=O) groups excluding carboxylic acids is 2. The molecule has 0 aliphatic carbocycles. The molecular formula is C20H27N5O2. The number of piperidine rings is 1. The van der Waals surface area contributed by atoms with Gasteiger partial charge in [-0.25, -0.2) is 4.79 Å². The topological polar surface area (TPSA) is 79.3 Å². The second kappa shape index (κ2) is 8.24. The summed E-state index contributed by atoms with van der Waals surface area (Å²) < 4.78 is 1.63. The molecule has 3 rings (SSSR count). The van der Waals surface area contributed by atoms with Gasteiger partial charge in [-0.1, -0.05) is 17.7 Å². The first-order valence-electron chi connectivity index (χ1n) is 9.34. The molecule has 1 aliphatic heterocycles. The number of amides is 3. The molecule has 1 fully saturated rings. The maximum absolute atomic E-state index is 12.8. The first kappa shape index (κ1) is 18.9. The molecule has 1 saturated heterocycles. The number of carbonyl (C=O) groups is 2. The average Bonchev–Trinajstić information content (AvgIpc) is 3.00. The third-order valence-corrected chi connectivity index (χ3v) is 4.89. The van der Waals surface area contributed by atoms with Crippen LogP contribution in [0.2, 0.25) is 0 Å². The minimum atomic E-state index is -0.218. The third kappa shape index (κ3) is 4.87. The number of aromatic nitrogens is 2. The Morgan fingerprint density at radius 2 is 1.96 bits per heavy atom. The van der Waals surface area contributed by atoms with Gasteiger partial charge in [0.15, 0.2) is 0 Å². The van der Waals surface area contributed by atoms with Crippen molar-refractivity contribution in [2.75, 3.05) is 25.0 Å². The third-order valence-electron chi connectivity index (χ3n) is 4.89. The van der Waals surface area contributed by atoms with E-state index in [4.69, 9.17) is 0 Å². The van der Waals surface area contributed by atoms with Gasteiger partial charge in [0.05, 0.1) is 5.69 Å². The van der Waals surface area contributed by atoms with Gasteiger partial charge in [0.25, 0.3) is 5.91 Å². The minimum absolute atomic E-state index is 0.00640. The monoisotopic (exact) mass is 369 g/mol. The van der Waals surface area contributed by atoms with Crippen LogP contribution in [0, 0.1) is 19.8 Å². The normalized spacial score (nSPS) is 16.9. The summed E-state index contributed by atoms with van der Waals surface area (Å²) in [4.78, 5) is 26.7. The van der Waals surface area contributed by atoms with Crippen LogP contribution in [-0.2, 0) is 7.05 Å². The Morgan fingerprint density at radius 1 is 1.22 bits per heavy atom. The van der Waals surface area contributed by atoms with E-state index >= 15 is 0 Å². The molecule has 0 bridgehead atoms. The summed E-state index contributed by atoms with van der Waals surface area (Å²) in [6.07, 6.45) is 1.94. The number of benzene rings is 1. The zero-order valence-electron chi connectivity index (χ0n) is 16.2. The zero-order valence-corrected chi connectivity index (χ0v) is 16.2. The van der Waals surface area contributed by atoms with Crippen LogP contribution in [0.4, 0.5) is 10.5 Å². The number of nitrogens with zero attached hydrogens (tertiary/aromatic N) is 3. The Bertz CT molecular complexity index is 812. The largest absolute Gasteiger partial charge is 0.338 e. The van der Waals surface area contributed by atoms with Gasteiger partial charge in [0.2, 0.25) is 0 Å². The first-order valence-corrected chi connectivity index (χ1v) is 9.34. The molecule has 3 amide bonds. The molecule has 0 radical (unpaired) electrons. The summed E-state index contributed by atoms with van der Waals surface area (Å²) in [5.41, 5.74) is 3.36. The Balaban J connectivity index is 1.50. The van der Waals surface area contributed by atoms with Crippen molar-refractivity contribution < 1.29 is 9.59 Å². The molecule has 1 aliphatic rings. The van der Waals surface area contributed by atoms with Gasteiger partial charge in [-0.2, -0.15) is 5.10 Å². The zero-order chi connectivity index (χ0) is 19.4. The molecule has 1 aromatic carbocycles. The van der Waals surface area contributed by atoms with Crippen molar-refractivity contribution >= 4 is 17.6 Å². The van der Waals surface area contributed by atoms with Crippen LogP contribution in [0.3, 0.4) is 0 Å². The maximum atomic E-state index is 12.8. The van der Waals surface area contributed by atoms with Crippen LogP contribution >= 0.6 is 0 Å². The van der Waals surface area contributed by atoms with E-state index in [-0.39, 0.29) is 17.9 Å². The lowest BCUT2D eigenvalue weighted by Gasteiger charge is -2.32. The van der Waals surface area contributed by atoms with Gasteiger partial charge in [-0.3, -0.25) is 9.48 Å². The fraction of sp³-hybridized carbons (Fsp3) is 0.450. The van der Waals surface area contributed by atoms with E-state index in [2.05, 4.69) is 15.7 Å². The molecule has 7 heteroatoms. The molecule has 1 aromatic heterocycles. The molecule has 144 valence electrons. The highest BCUT2D eigenvalue weighted by atomic mass is 16.2. The van der Waals surface area contributed by atoms with Crippen molar-refractivity contribution in [1.82, 2.24) is 20.0 Å². The van der Waals surface area contributed by atoms with Crippen molar-refractivity contribution in [3.05, 3.63) is 47.3 Å². The van der Waals surface area contributed by atoms with Crippen molar-refractivity contribution in [2.24, 2.45) is 13.0 Å². The Kier molecular flexibility index (Phi) is 5.78. The Labute approximate surface area is 159 Å². The lowest BCUT2D eigenvalue weighted by molar-refractivity contribution is 0.0664. The molecule has 27 heavy (non-hydrogen) atoms. The average molecular weight is 369 g/mol. The second-order valence-electron chi connectivity index (χ2n) is 7.26. The van der Waals surface area contributed by atoms with Gasteiger partial charge in [0.1, 0.15) is 5.69 Å². The number of anilines is 1. The lowest BCUT2D eigenvalue weighted by atomic mass is 9.97. The number of aryl methyl sites for hydroxylation is 3. The molecular weight excluding hydrogens is 342 g/mol. The number of nitrogens with one attached hydrogen (secondary N) is 2. The molecule has 1 atom stereocenters. The van der Waals surface area contributed by atoms with Crippen molar-refractivity contribution in [1.29, 1.82) is 0 Å². The molecule has 0 saturated carbocycles. The van der Waals surface area contributed by atoms with E-state index in [0.717, 1.165) is 36.3 Å². The van der Waals surface area contributed by atoms with E-state index in [1.165, 1.54) is 0 Å². The second-order valence-corrected chi connectivity index (χ2v) is 7.26. The highest BCUT2D eigenvalue weighted by Gasteiger charge is 2.26. The minimum Gasteiger partial charge on any atom is -0.338 e. The van der Waals surface area contributed by atoms with Crippen LogP contribution < -0.4 is 10.6 Å². The maximum Gasteiger partial charge on any atom is 0.319 e. The molecule has 7 nitrogen and oxygen atoms in total. The van der Waals surface area contributed by atoms with Crippen LogP contribution in [0.1, 0.15) is 34.6 Å². The number of hydrogen-bond acceptors (Lipinski definition) is 3. The molecule has 2 N–H and O–H groups in total. The van der Waals surface area contributed by atoms with Gasteiger partial charge < -0.3 is 15.5 Å². The summed E-state index contributed by atoms with van der Waals surface area (Å²) in [6, 6.07) is 9.28. The van der Waals surface area contributed by atoms with Gasteiger partial charge in [-0.05, 0) is 50.8 Å². The SMILES string of the molecule is Cc1ccc(NC(=O)NCC2CCCN(C(=O)c3cc(C)nn3C)C2)cc1. The predicted molar refractivity (Wildman–Crippen MR) is 105 cm³/mol. The highest BCUT2D eigenvalue weighted by Crippen LogP contribution is 2.18. The molecule has 2 heterocycles. The quantitative estimate of drug-likeness (QED) is 0.870. The van der Waals surface area contributed by atoms with Gasteiger partial charge >= 0.3 is 6.03 Å². The predicted octanol–water partition coefficient (Wildman–Crippen LogP) is 2.71. The summed E-state index contributed by atoms with van der Waals surface area (Å²) in [5, 5.41) is 10.0. The fourth-order valence-electron chi connectivity index (χ4n) is 3.44. The van der Waals surface area contributed by atoms with E-state index < -0.39 is 0 Å². The fourth-order valence-corrected chi connectivity index (χ4v) is 3.44. The molecule has 2 aromatic rings. The number of rotatable bonds is 4. The highest BCUT2D eigenvalue weighted by molar-refractivity contribution is 5.92. The van der Waals surface area contributed by atoms with E-state index in [1.807, 2.05) is 49.1 Å². The standard InChI is InChI=1S/C20H27N5O2/c1-14-6-8-17(9-7-14)22-20(27)21-12-16-5-4-10-25(13-16)19(26)18-11-15(2)23-24(18)3/h6-9,11,16H,4-5,10,12-13H2,1-3H3,(H2,21,22,27). The number of hydrogen-bond donors (Lipinski definition) is 2. The van der Waals surface area contributed by atoms with Crippen LogP contribution in [0.15, 0.2) is 30.3 Å². The van der Waals surface area contributed by atoms with Crippen molar-refractivity contribution in [3.8, 4) is 0 Å². The van der Waals surface area contributed by atoms with Crippen LogP contribution in [0.5, 0.6) is 0 Å². The molecule has 1 unspecified atom stereocenters.